The van der Waals surface area contributed by atoms with E-state index in [1.165, 1.54) is 10.8 Å². The Hall–Kier alpha value is -5.09. The molecule has 0 saturated carbocycles. The number of pyridine rings is 1. The topological polar surface area (TPSA) is 173 Å². The van der Waals surface area contributed by atoms with E-state index in [9.17, 15) is 45.5 Å². The van der Waals surface area contributed by atoms with Gasteiger partial charge in [0, 0.05) is 36.1 Å². The van der Waals surface area contributed by atoms with Gasteiger partial charge in [-0.25, -0.2) is 4.98 Å². The Morgan fingerprint density at radius 1 is 0.977 bits per heavy atom. The molecule has 0 aliphatic heterocycles. The number of amidine groups is 1. The van der Waals surface area contributed by atoms with E-state index in [0.29, 0.717) is 22.6 Å². The van der Waals surface area contributed by atoms with Crippen LogP contribution in [-0.2, 0) is 27.5 Å². The van der Waals surface area contributed by atoms with Gasteiger partial charge in [-0.2, -0.15) is 26.3 Å². The lowest BCUT2D eigenvalue weighted by molar-refractivity contribution is -0.193. The average molecular weight is 614 g/mol. The number of Topliss-reactive ketones (excluding diaryl/α,β-unsaturated/α-hetero) is 2. The van der Waals surface area contributed by atoms with Gasteiger partial charge in [-0.05, 0) is 31.5 Å². The molecule has 11 nitrogen and oxygen atoms in total. The Kier molecular flexibility index (Phi) is 11.3. The Balaban J connectivity index is 0.000000455. The number of carbonyl (C=O) groups excluding carboxylic acids is 3. The monoisotopic (exact) mass is 613 g/mol. The van der Waals surface area contributed by atoms with Crippen molar-refractivity contribution in [1.29, 1.82) is 5.41 Å². The van der Waals surface area contributed by atoms with E-state index >= 15 is 0 Å². The summed E-state index contributed by atoms with van der Waals surface area (Å²) in [5.41, 5.74) is 7.56. The van der Waals surface area contributed by atoms with Crippen molar-refractivity contribution in [2.45, 2.75) is 45.3 Å². The van der Waals surface area contributed by atoms with Gasteiger partial charge in [0.05, 0.1) is 6.20 Å². The maximum absolute atomic E-state index is 13.0. The van der Waals surface area contributed by atoms with Gasteiger partial charge in [0.15, 0.2) is 0 Å². The molecule has 5 N–H and O–H groups in total. The van der Waals surface area contributed by atoms with Gasteiger partial charge in [0.25, 0.3) is 5.56 Å². The summed E-state index contributed by atoms with van der Waals surface area (Å²) in [6.45, 7) is 3.94. The molecule has 43 heavy (non-hydrogen) atoms. The number of amides is 1. The SMILES string of the molecule is CC(C)Nc1cnc(-c2cccnc2)n(CC(=O)NCc2ccc(C(=N)N)cc2)c1=O.O=C(C(=O)C(F)(F)F)C(F)(F)F. The molecular formula is C26H25F6N7O4. The lowest BCUT2D eigenvalue weighted by atomic mass is 10.1. The number of halogens is 6. The van der Waals surface area contributed by atoms with Crippen LogP contribution in [0.3, 0.4) is 0 Å². The number of hydrogen-bond donors (Lipinski definition) is 4. The van der Waals surface area contributed by atoms with Crippen molar-refractivity contribution in [3.05, 3.63) is 76.5 Å². The number of anilines is 1. The standard InChI is InChI=1S/C22H25N7O2.C4F6O2/c1-14(2)28-18-12-27-21(17-4-3-9-25-11-17)29(22(18)31)13-19(30)26-10-15-5-7-16(8-6-15)20(23)24;5-3(6,7)1(11)2(12)4(8,9)10/h3-9,11-12,14,28H,10,13H2,1-2H3,(H3,23,24)(H,26,30);. The minimum Gasteiger partial charge on any atom is -0.384 e. The normalized spacial score (nSPS) is 11.3. The van der Waals surface area contributed by atoms with Crippen molar-refractivity contribution >= 4 is 29.0 Å². The molecule has 3 aromatic rings. The molecule has 230 valence electrons. The van der Waals surface area contributed by atoms with Crippen LogP contribution in [0, 0.1) is 5.41 Å². The molecule has 1 amide bonds. The van der Waals surface area contributed by atoms with E-state index in [-0.39, 0.29) is 36.4 Å². The molecule has 0 aliphatic carbocycles. The first-order valence-electron chi connectivity index (χ1n) is 12.1. The van der Waals surface area contributed by atoms with E-state index in [4.69, 9.17) is 11.1 Å². The summed E-state index contributed by atoms with van der Waals surface area (Å²) >= 11 is 0. The Morgan fingerprint density at radius 2 is 1.56 bits per heavy atom. The summed E-state index contributed by atoms with van der Waals surface area (Å²) < 4.78 is 68.3. The number of ketones is 2. The predicted octanol–water partition coefficient (Wildman–Crippen LogP) is 2.98. The minimum absolute atomic E-state index is 0.0136. The number of nitrogens with two attached hydrogens (primary N) is 1. The first-order chi connectivity index (χ1) is 19.9. The van der Waals surface area contributed by atoms with Crippen LogP contribution < -0.4 is 21.9 Å². The van der Waals surface area contributed by atoms with Gasteiger partial charge >= 0.3 is 23.9 Å². The third-order valence-electron chi connectivity index (χ3n) is 5.19. The Morgan fingerprint density at radius 3 is 2.02 bits per heavy atom. The van der Waals surface area contributed by atoms with E-state index in [0.717, 1.165) is 5.56 Å². The van der Waals surface area contributed by atoms with Crippen molar-refractivity contribution < 1.29 is 40.7 Å². The second kappa shape index (κ2) is 14.2. The summed E-state index contributed by atoms with van der Waals surface area (Å²) in [6, 6.07) is 10.6. The molecule has 0 fully saturated rings. The lowest BCUT2D eigenvalue weighted by Crippen LogP contribution is -2.39. The molecule has 1 aromatic carbocycles. The van der Waals surface area contributed by atoms with E-state index < -0.39 is 23.9 Å². The number of aromatic nitrogens is 3. The molecular weight excluding hydrogens is 588 g/mol. The summed E-state index contributed by atoms with van der Waals surface area (Å²) in [7, 11) is 0. The number of nitrogen functional groups attached to an aromatic ring is 1. The van der Waals surface area contributed by atoms with Crippen molar-refractivity contribution in [2.24, 2.45) is 5.73 Å². The quantitative estimate of drug-likeness (QED) is 0.123. The first kappa shape index (κ1) is 34.1. The zero-order valence-corrected chi connectivity index (χ0v) is 22.5. The number of alkyl halides is 6. The van der Waals surface area contributed by atoms with Gasteiger partial charge in [-0.1, -0.05) is 24.3 Å². The number of rotatable bonds is 9. The van der Waals surface area contributed by atoms with Gasteiger partial charge < -0.3 is 16.4 Å². The van der Waals surface area contributed by atoms with E-state index in [2.05, 4.69) is 20.6 Å². The van der Waals surface area contributed by atoms with Crippen LogP contribution in [0.2, 0.25) is 0 Å². The lowest BCUT2D eigenvalue weighted by Gasteiger charge is -2.16. The molecule has 2 heterocycles. The maximum atomic E-state index is 13.0. The van der Waals surface area contributed by atoms with Gasteiger partial charge in [0.2, 0.25) is 5.91 Å². The molecule has 2 aromatic heterocycles. The highest BCUT2D eigenvalue weighted by Crippen LogP contribution is 2.24. The summed E-state index contributed by atoms with van der Waals surface area (Å²) in [6.07, 6.45) is -6.83. The molecule has 0 bridgehead atoms. The minimum atomic E-state index is -5.77. The van der Waals surface area contributed by atoms with Crippen LogP contribution in [0.5, 0.6) is 0 Å². The maximum Gasteiger partial charge on any atom is 0.458 e. The second-order valence-electron chi connectivity index (χ2n) is 8.97. The predicted molar refractivity (Wildman–Crippen MR) is 142 cm³/mol. The fraction of sp³-hybridized carbons (Fsp3) is 0.269. The Bertz CT molecular complexity index is 1500. The van der Waals surface area contributed by atoms with Crippen LogP contribution in [0.1, 0.15) is 25.0 Å². The molecule has 0 saturated heterocycles. The van der Waals surface area contributed by atoms with E-state index in [1.807, 2.05) is 13.8 Å². The molecule has 0 atom stereocenters. The van der Waals surface area contributed by atoms with Gasteiger partial charge in [-0.3, -0.25) is 34.1 Å². The molecule has 0 unspecified atom stereocenters. The highest BCUT2D eigenvalue weighted by Gasteiger charge is 2.54. The fourth-order valence-electron chi connectivity index (χ4n) is 3.23. The fourth-order valence-corrected chi connectivity index (χ4v) is 3.23. The van der Waals surface area contributed by atoms with Crippen LogP contribution in [0.15, 0.2) is 59.8 Å². The smallest absolute Gasteiger partial charge is 0.384 e. The third kappa shape index (κ3) is 10.0. The number of carbonyl (C=O) groups is 3. The molecule has 3 rings (SSSR count). The second-order valence-corrected chi connectivity index (χ2v) is 8.97. The zero-order valence-electron chi connectivity index (χ0n) is 22.5. The number of hydrogen-bond acceptors (Lipinski definition) is 8. The van der Waals surface area contributed by atoms with Crippen LogP contribution in [-0.4, -0.2) is 56.2 Å². The summed E-state index contributed by atoms with van der Waals surface area (Å²) in [5, 5.41) is 13.3. The number of nitrogens with one attached hydrogen (secondary N) is 3. The number of benzene rings is 1. The van der Waals surface area contributed by atoms with Crippen LogP contribution in [0.4, 0.5) is 32.0 Å². The molecule has 17 heteroatoms. The third-order valence-corrected chi connectivity index (χ3v) is 5.19. The average Bonchev–Trinajstić information content (AvgIpc) is 2.93. The highest BCUT2D eigenvalue weighted by atomic mass is 19.4. The summed E-state index contributed by atoms with van der Waals surface area (Å²) in [5.74, 6) is -6.79. The molecule has 0 radical (unpaired) electrons. The van der Waals surface area contributed by atoms with Crippen molar-refractivity contribution in [3.63, 3.8) is 0 Å². The van der Waals surface area contributed by atoms with Crippen molar-refractivity contribution in [1.82, 2.24) is 19.9 Å². The number of nitrogens with zero attached hydrogens (tertiary/aromatic N) is 3. The zero-order chi connectivity index (χ0) is 32.5. The molecule has 0 aliphatic rings. The van der Waals surface area contributed by atoms with Crippen molar-refractivity contribution in [2.75, 3.05) is 5.32 Å². The van der Waals surface area contributed by atoms with Gasteiger partial charge in [0.1, 0.15) is 23.9 Å². The summed E-state index contributed by atoms with van der Waals surface area (Å²) in [4.78, 5) is 53.4. The van der Waals surface area contributed by atoms with Crippen LogP contribution >= 0.6 is 0 Å². The van der Waals surface area contributed by atoms with Crippen molar-refractivity contribution in [3.8, 4) is 11.4 Å². The first-order valence-corrected chi connectivity index (χ1v) is 12.1. The largest absolute Gasteiger partial charge is 0.458 e. The van der Waals surface area contributed by atoms with E-state index in [1.54, 1.807) is 48.8 Å². The molecule has 0 spiro atoms. The van der Waals surface area contributed by atoms with Crippen LogP contribution in [0.25, 0.3) is 11.4 Å². The van der Waals surface area contributed by atoms with Gasteiger partial charge in [-0.15, -0.1) is 0 Å². The highest BCUT2D eigenvalue weighted by molar-refractivity contribution is 6.41. The Labute approximate surface area is 239 Å².